The van der Waals surface area contributed by atoms with Gasteiger partial charge in [0.1, 0.15) is 0 Å². The van der Waals surface area contributed by atoms with Crippen LogP contribution in [0.5, 0.6) is 0 Å². The second-order valence-electron chi connectivity index (χ2n) is 13.4. The molecule has 0 atom stereocenters. The summed E-state index contributed by atoms with van der Waals surface area (Å²) in [5, 5.41) is 12.7. The van der Waals surface area contributed by atoms with E-state index in [1.165, 1.54) is 42.4 Å². The Bertz CT molecular complexity index is 1790. The molecule has 0 aliphatic heterocycles. The maximum absolute atomic E-state index is 2.46. The van der Waals surface area contributed by atoms with Gasteiger partial charge in [0, 0.05) is 30.3 Å². The van der Waals surface area contributed by atoms with Crippen LogP contribution in [0.3, 0.4) is 0 Å². The molecule has 285 valence electrons. The van der Waals surface area contributed by atoms with Gasteiger partial charge in [0.05, 0.1) is 0 Å². The average Bonchev–Trinajstić information content (AvgIpc) is 3.27. The van der Waals surface area contributed by atoms with Crippen molar-refractivity contribution >= 4 is 74.1 Å². The molecule has 0 aliphatic rings. The fourth-order valence-electron chi connectivity index (χ4n) is 7.26. The standard InChI is InChI=1S/2C26H24P2.Rh/c2*1-22(27(23-14-6-2-7-15-23)24-16-8-3-9-17-24)28(25-18-10-4-11-19-25)26-20-12-5-13-21-26;/h2*2-22H,1H3;. The van der Waals surface area contributed by atoms with E-state index in [0.717, 1.165) is 0 Å². The summed E-state index contributed by atoms with van der Waals surface area (Å²) in [6.07, 6.45) is 0. The van der Waals surface area contributed by atoms with Crippen LogP contribution < -0.4 is 42.4 Å². The fraction of sp³-hybridized carbons (Fsp3) is 0.0769. The number of rotatable bonds is 12. The Morgan fingerprint density at radius 3 is 0.421 bits per heavy atom. The van der Waals surface area contributed by atoms with Gasteiger partial charge in [-0.25, -0.2) is 0 Å². The van der Waals surface area contributed by atoms with Crippen LogP contribution in [0.1, 0.15) is 13.8 Å². The predicted molar refractivity (Wildman–Crippen MR) is 255 cm³/mol. The van der Waals surface area contributed by atoms with Crippen molar-refractivity contribution in [1.82, 2.24) is 0 Å². The van der Waals surface area contributed by atoms with E-state index in [0.29, 0.717) is 10.8 Å². The topological polar surface area (TPSA) is 0 Å². The Labute approximate surface area is 358 Å². The molecule has 57 heavy (non-hydrogen) atoms. The molecule has 0 aromatic heterocycles. The summed E-state index contributed by atoms with van der Waals surface area (Å²) in [6, 6.07) is 88.6. The second kappa shape index (κ2) is 22.3. The Morgan fingerprint density at radius 1 is 0.211 bits per heavy atom. The number of benzene rings is 8. The molecular formula is C52H48P4Rh. The van der Waals surface area contributed by atoms with Crippen molar-refractivity contribution in [2.24, 2.45) is 0 Å². The monoisotopic (exact) mass is 899 g/mol. The summed E-state index contributed by atoms with van der Waals surface area (Å²) in [5.74, 6) is 0. The zero-order chi connectivity index (χ0) is 38.4. The Balaban J connectivity index is 0.000000189. The van der Waals surface area contributed by atoms with Crippen molar-refractivity contribution < 1.29 is 19.5 Å². The molecule has 0 nitrogen and oxygen atoms in total. The van der Waals surface area contributed by atoms with E-state index < -0.39 is 31.7 Å². The molecule has 0 spiro atoms. The maximum atomic E-state index is 2.46. The number of hydrogen-bond acceptors (Lipinski definition) is 0. The molecule has 5 heteroatoms. The van der Waals surface area contributed by atoms with Crippen LogP contribution in [0.2, 0.25) is 0 Å². The third-order valence-corrected chi connectivity index (χ3v) is 22.4. The average molecular weight is 900 g/mol. The quantitative estimate of drug-likeness (QED) is 0.0847. The van der Waals surface area contributed by atoms with Gasteiger partial charge in [0.2, 0.25) is 0 Å². The molecule has 0 amide bonds. The summed E-state index contributed by atoms with van der Waals surface area (Å²) in [6.45, 7) is 4.91. The SMILES string of the molecule is CC(P(c1ccccc1)c1ccccc1)P(c1ccccc1)c1ccccc1.CC(P(c1ccccc1)c1ccccc1)P(c1ccccc1)c1ccccc1.[Rh]. The van der Waals surface area contributed by atoms with Crippen molar-refractivity contribution in [3.63, 3.8) is 0 Å². The molecule has 1 radical (unpaired) electrons. The largest absolute Gasteiger partial charge is 0.0622 e. The first-order valence-corrected chi connectivity index (χ1v) is 24.9. The molecule has 8 rings (SSSR count). The van der Waals surface area contributed by atoms with Crippen LogP contribution in [0.4, 0.5) is 0 Å². The van der Waals surface area contributed by atoms with E-state index in [9.17, 15) is 0 Å². The molecular weight excluding hydrogens is 851 g/mol. The van der Waals surface area contributed by atoms with Gasteiger partial charge in [0.25, 0.3) is 0 Å². The molecule has 0 saturated carbocycles. The minimum Gasteiger partial charge on any atom is -0.0622 e. The summed E-state index contributed by atoms with van der Waals surface area (Å²) >= 11 is 0. The fourth-order valence-corrected chi connectivity index (χ4v) is 20.9. The normalized spacial score (nSPS) is 11.1. The van der Waals surface area contributed by atoms with Crippen LogP contribution in [-0.4, -0.2) is 10.8 Å². The third-order valence-electron chi connectivity index (χ3n) is 9.77. The van der Waals surface area contributed by atoms with Crippen molar-refractivity contribution in [2.75, 3.05) is 0 Å². The molecule has 0 unspecified atom stereocenters. The van der Waals surface area contributed by atoms with E-state index in [1.807, 2.05) is 0 Å². The van der Waals surface area contributed by atoms with E-state index >= 15 is 0 Å². The van der Waals surface area contributed by atoms with Crippen molar-refractivity contribution in [1.29, 1.82) is 0 Å². The predicted octanol–water partition coefficient (Wildman–Crippen LogP) is 11.2. The molecule has 8 aromatic rings. The van der Waals surface area contributed by atoms with Crippen LogP contribution in [0, 0.1) is 0 Å². The maximum Gasteiger partial charge on any atom is 0.0126 e. The third kappa shape index (κ3) is 11.2. The van der Waals surface area contributed by atoms with Crippen molar-refractivity contribution in [3.05, 3.63) is 243 Å². The Hall–Kier alpha value is -3.90. The molecule has 0 aliphatic carbocycles. The molecule has 0 saturated heterocycles. The van der Waals surface area contributed by atoms with Gasteiger partial charge in [-0.15, -0.1) is 0 Å². The van der Waals surface area contributed by atoms with E-state index in [-0.39, 0.29) is 19.5 Å². The molecule has 8 aromatic carbocycles. The zero-order valence-corrected chi connectivity index (χ0v) is 37.6. The number of hydrogen-bond donors (Lipinski definition) is 0. The first kappa shape index (κ1) is 42.7. The second-order valence-corrected chi connectivity index (χ2v) is 24.4. The van der Waals surface area contributed by atoms with E-state index in [2.05, 4.69) is 257 Å². The van der Waals surface area contributed by atoms with E-state index in [4.69, 9.17) is 0 Å². The van der Waals surface area contributed by atoms with Gasteiger partial charge in [-0.3, -0.25) is 0 Å². The van der Waals surface area contributed by atoms with E-state index in [1.54, 1.807) is 0 Å². The van der Waals surface area contributed by atoms with Gasteiger partial charge < -0.3 is 0 Å². The Morgan fingerprint density at radius 2 is 0.316 bits per heavy atom. The van der Waals surface area contributed by atoms with Gasteiger partial charge in [-0.05, 0) is 74.1 Å². The first-order chi connectivity index (χ1) is 27.7. The molecule has 0 heterocycles. The van der Waals surface area contributed by atoms with Gasteiger partial charge in [-0.2, -0.15) is 0 Å². The molecule has 0 bridgehead atoms. The minimum atomic E-state index is -0.470. The smallest absolute Gasteiger partial charge is 0.0126 e. The van der Waals surface area contributed by atoms with Crippen LogP contribution in [0.25, 0.3) is 0 Å². The zero-order valence-electron chi connectivity index (χ0n) is 32.4. The van der Waals surface area contributed by atoms with Crippen molar-refractivity contribution in [2.45, 2.75) is 24.6 Å². The molecule has 0 fully saturated rings. The summed E-state index contributed by atoms with van der Waals surface area (Å²) in [7, 11) is -1.88. The summed E-state index contributed by atoms with van der Waals surface area (Å²) in [4.78, 5) is 0. The Kier molecular flexibility index (Phi) is 16.7. The van der Waals surface area contributed by atoms with Crippen LogP contribution in [-0.2, 0) is 19.5 Å². The van der Waals surface area contributed by atoms with Crippen LogP contribution in [0.15, 0.2) is 243 Å². The molecule has 0 N–H and O–H groups in total. The van der Waals surface area contributed by atoms with Gasteiger partial charge >= 0.3 is 0 Å². The van der Waals surface area contributed by atoms with Gasteiger partial charge in [0.15, 0.2) is 0 Å². The summed E-state index contributed by atoms with van der Waals surface area (Å²) < 4.78 is 0. The summed E-state index contributed by atoms with van der Waals surface area (Å²) in [5.41, 5.74) is 0. The first-order valence-electron chi connectivity index (χ1n) is 19.3. The minimum absolute atomic E-state index is 0. The van der Waals surface area contributed by atoms with Crippen molar-refractivity contribution in [3.8, 4) is 0 Å². The van der Waals surface area contributed by atoms with Gasteiger partial charge in [-0.1, -0.05) is 257 Å². The van der Waals surface area contributed by atoms with Crippen LogP contribution >= 0.6 is 31.7 Å².